The van der Waals surface area contributed by atoms with Crippen LogP contribution in [0.4, 0.5) is 5.69 Å². The van der Waals surface area contributed by atoms with Crippen LogP contribution in [0.2, 0.25) is 0 Å². The van der Waals surface area contributed by atoms with Gasteiger partial charge in [0.2, 0.25) is 0 Å². The van der Waals surface area contributed by atoms with E-state index in [9.17, 15) is 4.79 Å². The van der Waals surface area contributed by atoms with Gasteiger partial charge in [0.1, 0.15) is 11.3 Å². The van der Waals surface area contributed by atoms with E-state index in [-0.39, 0.29) is 5.63 Å². The summed E-state index contributed by atoms with van der Waals surface area (Å²) < 4.78 is 5.48. The molecule has 1 N–H and O–H groups in total. The lowest BCUT2D eigenvalue weighted by molar-refractivity contribution is 0.562. The first-order chi connectivity index (χ1) is 11.3. The van der Waals surface area contributed by atoms with Crippen LogP contribution in [0.3, 0.4) is 0 Å². The molecule has 0 bridgehead atoms. The predicted molar refractivity (Wildman–Crippen MR) is 94.9 cm³/mol. The van der Waals surface area contributed by atoms with Gasteiger partial charge >= 0.3 is 5.63 Å². The molecule has 118 valence electrons. The van der Waals surface area contributed by atoms with Gasteiger partial charge in [-0.2, -0.15) is 0 Å². The molecule has 0 spiro atoms. The molecule has 0 saturated heterocycles. The van der Waals surface area contributed by atoms with Crippen LogP contribution in [0.15, 0.2) is 63.8 Å². The average molecular weight is 307 g/mol. The Bertz CT molecular complexity index is 837. The third-order valence-corrected chi connectivity index (χ3v) is 3.95. The molecule has 2 aromatic carbocycles. The van der Waals surface area contributed by atoms with E-state index >= 15 is 0 Å². The van der Waals surface area contributed by atoms with Gasteiger partial charge in [-0.3, -0.25) is 0 Å². The maximum atomic E-state index is 12.2. The lowest BCUT2D eigenvalue weighted by atomic mass is 10.1. The molecule has 3 heteroatoms. The fourth-order valence-electron chi connectivity index (χ4n) is 2.61. The van der Waals surface area contributed by atoms with Crippen molar-refractivity contribution in [3.8, 4) is 0 Å². The van der Waals surface area contributed by atoms with E-state index in [1.54, 1.807) is 0 Å². The summed E-state index contributed by atoms with van der Waals surface area (Å²) in [4.78, 5) is 12.2. The topological polar surface area (TPSA) is 42.2 Å². The van der Waals surface area contributed by atoms with Crippen LogP contribution < -0.4 is 10.9 Å². The predicted octanol–water partition coefficient (Wildman–Crippen LogP) is 4.75. The summed E-state index contributed by atoms with van der Waals surface area (Å²) >= 11 is 0. The molecule has 0 aliphatic rings. The molecule has 0 aliphatic carbocycles. The minimum absolute atomic E-state index is 0.318. The lowest BCUT2D eigenvalue weighted by Crippen LogP contribution is -2.10. The Morgan fingerprint density at radius 2 is 1.83 bits per heavy atom. The van der Waals surface area contributed by atoms with Crippen LogP contribution in [0.5, 0.6) is 0 Å². The van der Waals surface area contributed by atoms with Gasteiger partial charge in [0.05, 0.1) is 0 Å². The van der Waals surface area contributed by atoms with Crippen LogP contribution in [0, 0.1) is 0 Å². The minimum atomic E-state index is -0.318. The van der Waals surface area contributed by atoms with Crippen LogP contribution >= 0.6 is 0 Å². The number of hydrogen-bond acceptors (Lipinski definition) is 3. The molecule has 0 unspecified atom stereocenters. The maximum absolute atomic E-state index is 12.2. The third kappa shape index (κ3) is 3.81. The number of hydrogen-bond donors (Lipinski definition) is 1. The van der Waals surface area contributed by atoms with E-state index < -0.39 is 0 Å². The highest BCUT2D eigenvalue weighted by Crippen LogP contribution is 2.19. The second-order valence-corrected chi connectivity index (χ2v) is 5.76. The third-order valence-electron chi connectivity index (χ3n) is 3.95. The zero-order chi connectivity index (χ0) is 16.1. The van der Waals surface area contributed by atoms with Crippen LogP contribution in [-0.2, 0) is 13.0 Å². The van der Waals surface area contributed by atoms with Crippen LogP contribution in [0.1, 0.15) is 30.9 Å². The van der Waals surface area contributed by atoms with E-state index in [1.165, 1.54) is 5.56 Å². The Kier molecular flexibility index (Phi) is 4.77. The maximum Gasteiger partial charge on any atom is 0.359 e. The van der Waals surface area contributed by atoms with Crippen LogP contribution in [-0.4, -0.2) is 0 Å². The van der Waals surface area contributed by atoms with Crippen molar-refractivity contribution in [1.82, 2.24) is 0 Å². The van der Waals surface area contributed by atoms with E-state index in [0.29, 0.717) is 17.8 Å². The average Bonchev–Trinajstić information content (AvgIpc) is 2.59. The number of rotatable bonds is 6. The summed E-state index contributed by atoms with van der Waals surface area (Å²) in [5.41, 5.74) is 3.19. The first-order valence-electron chi connectivity index (χ1n) is 8.11. The first kappa shape index (κ1) is 15.3. The Labute approximate surface area is 136 Å². The van der Waals surface area contributed by atoms with Gasteiger partial charge in [0.25, 0.3) is 0 Å². The quantitative estimate of drug-likeness (QED) is 0.668. The molecule has 23 heavy (non-hydrogen) atoms. The molecule has 1 aromatic heterocycles. The zero-order valence-electron chi connectivity index (χ0n) is 13.3. The van der Waals surface area contributed by atoms with Crippen molar-refractivity contribution in [2.24, 2.45) is 0 Å². The van der Waals surface area contributed by atoms with Gasteiger partial charge in [-0.25, -0.2) is 4.79 Å². The molecular weight excluding hydrogens is 286 g/mol. The van der Waals surface area contributed by atoms with Gasteiger partial charge in [0.15, 0.2) is 0 Å². The Hall–Kier alpha value is -2.55. The largest absolute Gasteiger partial charge is 0.421 e. The summed E-state index contributed by atoms with van der Waals surface area (Å²) in [6.45, 7) is 2.78. The number of unbranched alkanes of at least 4 members (excludes halogenated alkanes) is 1. The number of anilines is 1. The summed E-state index contributed by atoms with van der Waals surface area (Å²) in [6, 6.07) is 18.0. The van der Waals surface area contributed by atoms with Gasteiger partial charge in [-0.15, -0.1) is 0 Å². The fourth-order valence-corrected chi connectivity index (χ4v) is 2.61. The van der Waals surface area contributed by atoms with E-state index in [0.717, 1.165) is 30.2 Å². The molecule has 0 radical (unpaired) electrons. The zero-order valence-corrected chi connectivity index (χ0v) is 13.3. The summed E-state index contributed by atoms with van der Waals surface area (Å²) in [5, 5.41) is 4.11. The van der Waals surface area contributed by atoms with Crippen molar-refractivity contribution in [3.05, 3.63) is 76.1 Å². The highest BCUT2D eigenvalue weighted by Gasteiger charge is 2.06. The SMILES string of the molecule is CCCCc1ccc2cc(NCc3ccccc3)c(=O)oc2c1. The molecule has 0 amide bonds. The van der Waals surface area contributed by atoms with Crippen molar-refractivity contribution in [2.45, 2.75) is 32.7 Å². The Morgan fingerprint density at radius 3 is 2.61 bits per heavy atom. The monoisotopic (exact) mass is 307 g/mol. The summed E-state index contributed by atoms with van der Waals surface area (Å²) in [6.07, 6.45) is 3.32. The van der Waals surface area contributed by atoms with Gasteiger partial charge in [0, 0.05) is 11.9 Å². The molecule has 1 heterocycles. The van der Waals surface area contributed by atoms with E-state index in [2.05, 4.69) is 18.3 Å². The smallest absolute Gasteiger partial charge is 0.359 e. The molecule has 0 atom stereocenters. The normalized spacial score (nSPS) is 10.8. The Balaban J connectivity index is 1.82. The molecule has 3 rings (SSSR count). The standard InChI is InChI=1S/C20H21NO2/c1-2-3-7-15-10-11-17-13-18(20(22)23-19(17)12-15)21-14-16-8-5-4-6-9-16/h4-6,8-13,21H,2-3,7,14H2,1H3. The Morgan fingerprint density at radius 1 is 1.00 bits per heavy atom. The summed E-state index contributed by atoms with van der Waals surface area (Å²) in [5.74, 6) is 0. The van der Waals surface area contributed by atoms with E-state index in [4.69, 9.17) is 4.42 Å². The minimum Gasteiger partial charge on any atom is -0.421 e. The van der Waals surface area contributed by atoms with Crippen molar-refractivity contribution in [3.63, 3.8) is 0 Å². The molecule has 0 aliphatic heterocycles. The molecule has 0 fully saturated rings. The van der Waals surface area contributed by atoms with Gasteiger partial charge in [-0.05, 0) is 36.1 Å². The second-order valence-electron chi connectivity index (χ2n) is 5.76. The molecule has 0 saturated carbocycles. The lowest BCUT2D eigenvalue weighted by Gasteiger charge is -2.07. The molecule has 3 nitrogen and oxygen atoms in total. The van der Waals surface area contributed by atoms with E-state index in [1.807, 2.05) is 48.5 Å². The first-order valence-corrected chi connectivity index (χ1v) is 8.11. The number of benzene rings is 2. The fraction of sp³-hybridized carbons (Fsp3) is 0.250. The molecule has 3 aromatic rings. The second kappa shape index (κ2) is 7.14. The number of fused-ring (bicyclic) bond motifs is 1. The molecular formula is C20H21NO2. The van der Waals surface area contributed by atoms with Crippen molar-refractivity contribution in [1.29, 1.82) is 0 Å². The van der Waals surface area contributed by atoms with Crippen molar-refractivity contribution >= 4 is 16.7 Å². The van der Waals surface area contributed by atoms with Crippen molar-refractivity contribution in [2.75, 3.05) is 5.32 Å². The van der Waals surface area contributed by atoms with Crippen molar-refractivity contribution < 1.29 is 4.42 Å². The van der Waals surface area contributed by atoms with Gasteiger partial charge in [-0.1, -0.05) is 55.8 Å². The van der Waals surface area contributed by atoms with Gasteiger partial charge < -0.3 is 9.73 Å². The number of nitrogens with one attached hydrogen (secondary N) is 1. The highest BCUT2D eigenvalue weighted by molar-refractivity contribution is 5.80. The van der Waals surface area contributed by atoms with Crippen LogP contribution in [0.25, 0.3) is 11.0 Å². The summed E-state index contributed by atoms with van der Waals surface area (Å²) in [7, 11) is 0. The highest BCUT2D eigenvalue weighted by atomic mass is 16.4. The number of aryl methyl sites for hydroxylation is 1.